The third-order valence-electron chi connectivity index (χ3n) is 5.06. The molecule has 0 aliphatic rings. The molecule has 2 aromatic heterocycles. The Morgan fingerprint density at radius 3 is 2.62 bits per heavy atom. The predicted octanol–water partition coefficient (Wildman–Crippen LogP) is 3.66. The van der Waals surface area contributed by atoms with Crippen molar-refractivity contribution in [2.45, 2.75) is 25.8 Å². The molecule has 0 radical (unpaired) electrons. The quantitative estimate of drug-likeness (QED) is 0.505. The molecule has 0 atom stereocenters. The molecule has 0 aliphatic carbocycles. The topological polar surface area (TPSA) is 80.1 Å². The number of pyridine rings is 1. The summed E-state index contributed by atoms with van der Waals surface area (Å²) in [7, 11) is 1.65. The van der Waals surface area contributed by atoms with Crippen molar-refractivity contribution in [1.29, 1.82) is 0 Å². The normalized spacial score (nSPS) is 11.1. The minimum absolute atomic E-state index is 0.0142. The number of benzene rings is 2. The Bertz CT molecular complexity index is 1180. The summed E-state index contributed by atoms with van der Waals surface area (Å²) in [5, 5.41) is 11.6. The van der Waals surface area contributed by atoms with Gasteiger partial charge in [0.1, 0.15) is 5.75 Å². The molecule has 0 fully saturated rings. The molecule has 0 spiro atoms. The SMILES string of the molecule is COc1ccc(CCCc2[nH]c(=O)n(Cc3ccc4ccccc4n3)c2O)cc1. The van der Waals surface area contributed by atoms with Crippen LogP contribution in [0.25, 0.3) is 10.9 Å². The molecular formula is C23H23N3O3. The number of fused-ring (bicyclic) bond motifs is 1. The van der Waals surface area contributed by atoms with E-state index >= 15 is 0 Å². The number of hydrogen-bond donors (Lipinski definition) is 2. The Morgan fingerprint density at radius 1 is 1.03 bits per heavy atom. The molecule has 2 heterocycles. The third-order valence-corrected chi connectivity index (χ3v) is 5.06. The molecule has 0 saturated heterocycles. The highest BCUT2D eigenvalue weighted by atomic mass is 16.5. The van der Waals surface area contributed by atoms with E-state index < -0.39 is 0 Å². The molecule has 0 amide bonds. The van der Waals surface area contributed by atoms with Gasteiger partial charge >= 0.3 is 5.69 Å². The maximum Gasteiger partial charge on any atom is 0.328 e. The summed E-state index contributed by atoms with van der Waals surface area (Å²) in [4.78, 5) is 19.7. The first-order valence-corrected chi connectivity index (χ1v) is 9.62. The Hall–Kier alpha value is -3.54. The summed E-state index contributed by atoms with van der Waals surface area (Å²) >= 11 is 0. The average Bonchev–Trinajstić information content (AvgIpc) is 3.02. The molecule has 0 saturated carbocycles. The third kappa shape index (κ3) is 4.16. The number of ether oxygens (including phenoxy) is 1. The number of para-hydroxylation sites is 1. The fourth-order valence-corrected chi connectivity index (χ4v) is 3.45. The maximum absolute atomic E-state index is 12.3. The van der Waals surface area contributed by atoms with Gasteiger partial charge in [-0.15, -0.1) is 0 Å². The van der Waals surface area contributed by atoms with Gasteiger partial charge < -0.3 is 14.8 Å². The summed E-state index contributed by atoms with van der Waals surface area (Å²) in [5.41, 5.74) is 3.02. The number of imidazole rings is 1. The lowest BCUT2D eigenvalue weighted by molar-refractivity contribution is 0.414. The van der Waals surface area contributed by atoms with E-state index in [9.17, 15) is 9.90 Å². The molecule has 0 unspecified atom stereocenters. The summed E-state index contributed by atoms with van der Waals surface area (Å²) in [6.45, 7) is 0.227. The number of aromatic hydroxyl groups is 1. The molecule has 4 rings (SSSR count). The standard InChI is InChI=1S/C23H23N3O3/c1-29-19-13-9-16(10-14-19)5-4-8-21-22(27)26(23(28)25-21)15-18-12-11-17-6-2-3-7-20(17)24-18/h2-3,6-7,9-14,27H,4-5,8,15H2,1H3,(H,25,28). The van der Waals surface area contributed by atoms with Crippen LogP contribution in [-0.4, -0.2) is 26.8 Å². The monoisotopic (exact) mass is 389 g/mol. The second-order valence-corrected chi connectivity index (χ2v) is 7.02. The second-order valence-electron chi connectivity index (χ2n) is 7.02. The zero-order valence-corrected chi connectivity index (χ0v) is 16.3. The predicted molar refractivity (Wildman–Crippen MR) is 113 cm³/mol. The van der Waals surface area contributed by atoms with E-state index in [4.69, 9.17) is 4.74 Å². The number of rotatable bonds is 7. The van der Waals surface area contributed by atoms with Crippen molar-refractivity contribution >= 4 is 10.9 Å². The summed E-state index contributed by atoms with van der Waals surface area (Å²) in [6, 6.07) is 19.6. The first-order chi connectivity index (χ1) is 14.1. The van der Waals surface area contributed by atoms with Gasteiger partial charge in [0, 0.05) is 5.39 Å². The van der Waals surface area contributed by atoms with E-state index in [2.05, 4.69) is 9.97 Å². The molecule has 148 valence electrons. The van der Waals surface area contributed by atoms with Crippen LogP contribution in [0.15, 0.2) is 65.5 Å². The highest BCUT2D eigenvalue weighted by Crippen LogP contribution is 2.19. The van der Waals surface area contributed by atoms with Crippen molar-refractivity contribution < 1.29 is 9.84 Å². The van der Waals surface area contributed by atoms with Gasteiger partial charge in [0.05, 0.1) is 30.6 Å². The number of nitrogens with zero attached hydrogens (tertiary/aromatic N) is 2. The second kappa shape index (κ2) is 8.22. The van der Waals surface area contributed by atoms with Crippen molar-refractivity contribution in [3.63, 3.8) is 0 Å². The largest absolute Gasteiger partial charge is 0.497 e. The molecule has 0 bridgehead atoms. The zero-order chi connectivity index (χ0) is 20.2. The highest BCUT2D eigenvalue weighted by molar-refractivity contribution is 5.78. The zero-order valence-electron chi connectivity index (χ0n) is 16.3. The van der Waals surface area contributed by atoms with Crippen molar-refractivity contribution in [2.75, 3.05) is 7.11 Å². The van der Waals surface area contributed by atoms with Crippen LogP contribution in [0.4, 0.5) is 0 Å². The van der Waals surface area contributed by atoms with E-state index in [1.54, 1.807) is 7.11 Å². The minimum Gasteiger partial charge on any atom is -0.497 e. The molecule has 4 aromatic rings. The Kier molecular flexibility index (Phi) is 5.33. The minimum atomic E-state index is -0.322. The van der Waals surface area contributed by atoms with Gasteiger partial charge in [0.15, 0.2) is 0 Å². The van der Waals surface area contributed by atoms with Crippen LogP contribution < -0.4 is 10.4 Å². The number of nitrogens with one attached hydrogen (secondary N) is 1. The van der Waals surface area contributed by atoms with E-state index in [1.165, 1.54) is 10.1 Å². The van der Waals surface area contributed by atoms with Crippen LogP contribution in [-0.2, 0) is 19.4 Å². The highest BCUT2D eigenvalue weighted by Gasteiger charge is 2.14. The Balaban J connectivity index is 1.44. The van der Waals surface area contributed by atoms with Crippen LogP contribution >= 0.6 is 0 Å². The number of H-pyrrole nitrogens is 1. The lowest BCUT2D eigenvalue weighted by Gasteiger charge is -2.06. The fourth-order valence-electron chi connectivity index (χ4n) is 3.45. The van der Waals surface area contributed by atoms with Crippen LogP contribution in [0.1, 0.15) is 23.4 Å². The lowest BCUT2D eigenvalue weighted by Crippen LogP contribution is -2.17. The Labute approximate surface area is 168 Å². The molecule has 29 heavy (non-hydrogen) atoms. The van der Waals surface area contributed by atoms with Gasteiger partial charge in [-0.2, -0.15) is 0 Å². The lowest BCUT2D eigenvalue weighted by atomic mass is 10.1. The van der Waals surface area contributed by atoms with E-state index in [0.29, 0.717) is 12.1 Å². The van der Waals surface area contributed by atoms with Gasteiger partial charge in [-0.1, -0.05) is 36.4 Å². The number of methoxy groups -OCH3 is 1. The number of aromatic nitrogens is 3. The van der Waals surface area contributed by atoms with E-state index in [1.807, 2.05) is 60.7 Å². The van der Waals surface area contributed by atoms with Crippen molar-refractivity contribution in [2.24, 2.45) is 0 Å². The number of hydrogen-bond acceptors (Lipinski definition) is 4. The fraction of sp³-hybridized carbons (Fsp3) is 0.217. The van der Waals surface area contributed by atoms with Crippen LogP contribution in [0.5, 0.6) is 11.6 Å². The van der Waals surface area contributed by atoms with Crippen molar-refractivity contribution in [3.8, 4) is 11.6 Å². The van der Waals surface area contributed by atoms with Crippen LogP contribution in [0.2, 0.25) is 0 Å². The maximum atomic E-state index is 12.3. The van der Waals surface area contributed by atoms with Gasteiger partial charge in [0.2, 0.25) is 5.88 Å². The number of aromatic amines is 1. The average molecular weight is 389 g/mol. The summed E-state index contributed by atoms with van der Waals surface area (Å²) in [5.74, 6) is 0.815. The molecule has 2 N–H and O–H groups in total. The van der Waals surface area contributed by atoms with E-state index in [-0.39, 0.29) is 18.1 Å². The van der Waals surface area contributed by atoms with Gasteiger partial charge in [-0.05, 0) is 49.1 Å². The summed E-state index contributed by atoms with van der Waals surface area (Å²) < 4.78 is 6.50. The van der Waals surface area contributed by atoms with Crippen molar-refractivity contribution in [1.82, 2.24) is 14.5 Å². The van der Waals surface area contributed by atoms with Crippen LogP contribution in [0, 0.1) is 0 Å². The number of aryl methyl sites for hydroxylation is 2. The first kappa shape index (κ1) is 18.8. The molecule has 0 aliphatic heterocycles. The van der Waals surface area contributed by atoms with Crippen molar-refractivity contribution in [3.05, 3.63) is 88.1 Å². The molecule has 6 heteroatoms. The van der Waals surface area contributed by atoms with E-state index in [0.717, 1.165) is 35.2 Å². The summed E-state index contributed by atoms with van der Waals surface area (Å²) in [6.07, 6.45) is 2.25. The van der Waals surface area contributed by atoms with Crippen LogP contribution in [0.3, 0.4) is 0 Å². The molecule has 2 aromatic carbocycles. The first-order valence-electron chi connectivity index (χ1n) is 9.62. The smallest absolute Gasteiger partial charge is 0.328 e. The Morgan fingerprint density at radius 2 is 1.83 bits per heavy atom. The van der Waals surface area contributed by atoms with Gasteiger partial charge in [0.25, 0.3) is 0 Å². The molecule has 6 nitrogen and oxygen atoms in total. The molecular weight excluding hydrogens is 366 g/mol. The van der Waals surface area contributed by atoms with Gasteiger partial charge in [-0.25, -0.2) is 4.79 Å². The van der Waals surface area contributed by atoms with Gasteiger partial charge in [-0.3, -0.25) is 9.55 Å².